The molecule has 0 rings (SSSR count). The van der Waals surface area contributed by atoms with Crippen molar-refractivity contribution in [3.8, 4) is 0 Å². The molecule has 0 aromatic heterocycles. The highest BCUT2D eigenvalue weighted by Gasteiger charge is 2.22. The van der Waals surface area contributed by atoms with Crippen LogP contribution in [0.1, 0.15) is 245 Å². The maximum atomic E-state index is 12.8. The van der Waals surface area contributed by atoms with Gasteiger partial charge in [0.15, 0.2) is 12.4 Å². The highest BCUT2D eigenvalue weighted by Crippen LogP contribution is 2.16. The van der Waals surface area contributed by atoms with Crippen molar-refractivity contribution in [1.29, 1.82) is 0 Å². The lowest BCUT2D eigenvalue weighted by Crippen LogP contribution is -2.44. The number of allylic oxidation sites excluding steroid dienone is 12. The fraction of sp³-hybridized carbons (Fsp3) is 0.758. The number of rotatable bonds is 53. The van der Waals surface area contributed by atoms with Crippen LogP contribution >= 0.6 is 0 Å². The van der Waals surface area contributed by atoms with Crippen LogP contribution in [0.5, 0.6) is 0 Å². The molecule has 2 unspecified atom stereocenters. The van der Waals surface area contributed by atoms with E-state index in [-0.39, 0.29) is 38.6 Å². The lowest BCUT2D eigenvalue weighted by Gasteiger charge is -2.26. The van der Waals surface area contributed by atoms with Crippen molar-refractivity contribution in [1.82, 2.24) is 0 Å². The van der Waals surface area contributed by atoms with E-state index >= 15 is 0 Å². The Bertz CT molecular complexity index is 1390. The Kier molecular flexibility index (Phi) is 50.6. The van der Waals surface area contributed by atoms with Gasteiger partial charge in [0.25, 0.3) is 0 Å². The number of unbranched alkanes of at least 4 members (excludes halogenated alkanes) is 26. The van der Waals surface area contributed by atoms with Gasteiger partial charge in [0.05, 0.1) is 40.3 Å². The van der Waals surface area contributed by atoms with Gasteiger partial charge in [0.1, 0.15) is 13.2 Å². The number of ether oxygens (including phenoxy) is 4. The number of esters is 2. The summed E-state index contributed by atoms with van der Waals surface area (Å²) in [6.45, 7) is 4.58. The molecule has 0 N–H and O–H groups in total. The minimum absolute atomic E-state index is 0.135. The van der Waals surface area contributed by atoms with Gasteiger partial charge in [0, 0.05) is 12.8 Å². The van der Waals surface area contributed by atoms with Gasteiger partial charge in [-0.05, 0) is 77.0 Å². The highest BCUT2D eigenvalue weighted by atomic mass is 16.7. The van der Waals surface area contributed by atoms with E-state index in [4.69, 9.17) is 18.9 Å². The molecule has 0 saturated heterocycles. The van der Waals surface area contributed by atoms with E-state index in [1.54, 1.807) is 0 Å². The van der Waals surface area contributed by atoms with Crippen molar-refractivity contribution in [2.45, 2.75) is 257 Å². The van der Waals surface area contributed by atoms with Gasteiger partial charge in [-0.15, -0.1) is 0 Å². The largest absolute Gasteiger partial charge is 0.545 e. The molecule has 410 valence electrons. The molecule has 0 bridgehead atoms. The van der Waals surface area contributed by atoms with E-state index < -0.39 is 24.3 Å². The molecule has 71 heavy (non-hydrogen) atoms. The zero-order valence-corrected chi connectivity index (χ0v) is 46.6. The van der Waals surface area contributed by atoms with Crippen LogP contribution in [0.25, 0.3) is 0 Å². The van der Waals surface area contributed by atoms with Gasteiger partial charge < -0.3 is 33.3 Å². The lowest BCUT2D eigenvalue weighted by molar-refractivity contribution is -0.870. The minimum atomic E-state index is -1.64. The molecule has 0 amide bonds. The Labute approximate surface area is 437 Å². The molecule has 0 spiro atoms. The summed E-state index contributed by atoms with van der Waals surface area (Å²) < 4.78 is 22.6. The number of likely N-dealkylation sites (N-methyl/N-ethyl adjacent to an activating group) is 1. The third kappa shape index (κ3) is 54.3. The predicted molar refractivity (Wildman–Crippen MR) is 297 cm³/mol. The molecule has 0 aliphatic carbocycles. The fourth-order valence-electron chi connectivity index (χ4n) is 7.98. The average Bonchev–Trinajstić information content (AvgIpc) is 3.34. The Morgan fingerprint density at radius 2 is 0.817 bits per heavy atom. The zero-order valence-electron chi connectivity index (χ0n) is 46.6. The molecule has 0 saturated carbocycles. The highest BCUT2D eigenvalue weighted by molar-refractivity contribution is 5.70. The number of aliphatic carboxylic acids is 1. The Hall–Kier alpha value is -3.27. The fourth-order valence-corrected chi connectivity index (χ4v) is 7.98. The van der Waals surface area contributed by atoms with Crippen LogP contribution in [0.4, 0.5) is 0 Å². The molecule has 9 nitrogen and oxygen atoms in total. The van der Waals surface area contributed by atoms with Crippen LogP contribution in [0.2, 0.25) is 0 Å². The molecule has 0 aliphatic heterocycles. The smallest absolute Gasteiger partial charge is 0.306 e. The number of quaternary nitrogens is 1. The quantitative estimate of drug-likeness (QED) is 0.0195. The van der Waals surface area contributed by atoms with Crippen LogP contribution < -0.4 is 5.11 Å². The number of hydrogen-bond donors (Lipinski definition) is 0. The number of nitrogens with zero attached hydrogens (tertiary/aromatic N) is 1. The van der Waals surface area contributed by atoms with Crippen LogP contribution in [0, 0.1) is 0 Å². The third-order valence-electron chi connectivity index (χ3n) is 12.4. The number of hydrogen-bond acceptors (Lipinski definition) is 8. The Balaban J connectivity index is 4.21. The predicted octanol–water partition coefficient (Wildman–Crippen LogP) is 15.7. The molecule has 9 heteroatoms. The number of carbonyl (C=O) groups excluding carboxylic acids is 3. The van der Waals surface area contributed by atoms with Gasteiger partial charge in [-0.1, -0.05) is 228 Å². The molecule has 0 heterocycles. The topological polar surface area (TPSA) is 111 Å². The monoisotopic (exact) mass is 996 g/mol. The number of carboxylic acids is 1. The summed E-state index contributed by atoms with van der Waals surface area (Å²) in [5.41, 5.74) is 0. The minimum Gasteiger partial charge on any atom is -0.545 e. The molecular weight excluding hydrogens is 887 g/mol. The van der Waals surface area contributed by atoms with Crippen LogP contribution in [-0.4, -0.2) is 82.3 Å². The Morgan fingerprint density at radius 1 is 0.437 bits per heavy atom. The first-order chi connectivity index (χ1) is 34.6. The van der Waals surface area contributed by atoms with Crippen LogP contribution in [-0.2, 0) is 33.3 Å². The van der Waals surface area contributed by atoms with E-state index in [0.29, 0.717) is 23.9 Å². The van der Waals surface area contributed by atoms with E-state index in [0.717, 1.165) is 51.4 Å². The summed E-state index contributed by atoms with van der Waals surface area (Å²) in [6.07, 6.45) is 65.5. The van der Waals surface area contributed by atoms with Crippen LogP contribution in [0.15, 0.2) is 72.9 Å². The maximum absolute atomic E-state index is 12.8. The van der Waals surface area contributed by atoms with Crippen LogP contribution in [0.3, 0.4) is 0 Å². The summed E-state index contributed by atoms with van der Waals surface area (Å²) in [4.78, 5) is 37.2. The second kappa shape index (κ2) is 53.0. The molecule has 0 fully saturated rings. The molecule has 0 aromatic carbocycles. The second-order valence-electron chi connectivity index (χ2n) is 20.5. The van der Waals surface area contributed by atoms with Gasteiger partial charge in [-0.2, -0.15) is 0 Å². The normalized spacial score (nSPS) is 13.3. The SMILES string of the molecule is CC/C=C\C/C=C\C/C=C\C/C=C\C/C=C\CCCC(=O)OC(COC(=O)CCCCCCCCCCCCCCCCCCC/C=C\CCCCCCCCCC)COC(OCC[N+](C)(C)C)C(=O)[O-]. The van der Waals surface area contributed by atoms with Crippen molar-refractivity contribution in [2.75, 3.05) is 47.5 Å². The summed E-state index contributed by atoms with van der Waals surface area (Å²) in [6, 6.07) is 0. The van der Waals surface area contributed by atoms with Crippen molar-refractivity contribution >= 4 is 17.9 Å². The van der Waals surface area contributed by atoms with Crippen molar-refractivity contribution in [3.05, 3.63) is 72.9 Å². The van der Waals surface area contributed by atoms with Gasteiger partial charge in [-0.25, -0.2) is 0 Å². The third-order valence-corrected chi connectivity index (χ3v) is 12.4. The summed E-state index contributed by atoms with van der Waals surface area (Å²) >= 11 is 0. The van der Waals surface area contributed by atoms with Gasteiger partial charge in [-0.3, -0.25) is 9.59 Å². The molecule has 0 aromatic rings. The summed E-state index contributed by atoms with van der Waals surface area (Å²) in [7, 11) is 5.90. The molecule has 2 atom stereocenters. The molecular formula is C62H109NO8. The Morgan fingerprint density at radius 3 is 1.25 bits per heavy atom. The van der Waals surface area contributed by atoms with Crippen molar-refractivity contribution in [3.63, 3.8) is 0 Å². The maximum Gasteiger partial charge on any atom is 0.306 e. The summed E-state index contributed by atoms with van der Waals surface area (Å²) in [5, 5.41) is 11.8. The summed E-state index contributed by atoms with van der Waals surface area (Å²) in [5.74, 6) is -2.36. The average molecular weight is 997 g/mol. The molecule has 0 aliphatic rings. The van der Waals surface area contributed by atoms with E-state index in [1.807, 2.05) is 21.1 Å². The molecule has 0 radical (unpaired) electrons. The van der Waals surface area contributed by atoms with Crippen molar-refractivity contribution < 1.29 is 42.9 Å². The van der Waals surface area contributed by atoms with E-state index in [9.17, 15) is 19.5 Å². The van der Waals surface area contributed by atoms with E-state index in [1.165, 1.54) is 154 Å². The van der Waals surface area contributed by atoms with E-state index in [2.05, 4.69) is 86.8 Å². The lowest BCUT2D eigenvalue weighted by atomic mass is 10.0. The first-order valence-electron chi connectivity index (χ1n) is 29.1. The first-order valence-corrected chi connectivity index (χ1v) is 29.1. The standard InChI is InChI=1S/C62H109NO8/c1-6-8-10-12-14-16-18-20-22-24-25-26-27-28-29-30-31-32-33-34-35-37-38-40-42-44-46-48-50-52-59(64)69-56-58(57-70-62(61(66)67)68-55-54-63(3,4)5)71-60(65)53-51-49-47-45-43-41-39-36-23-21-19-17-15-13-11-9-7-2/h9,11,15,17,21,23-25,39,41,45,47,58,62H,6-8,10,12-14,16,18-20,22,26-38,40,42-44,46,48-57H2,1-5H3/b11-9-,17-15-,23-21-,25-24-,41-39-,47-45-. The second-order valence-corrected chi connectivity index (χ2v) is 20.5. The van der Waals surface area contributed by atoms with Gasteiger partial charge >= 0.3 is 11.9 Å². The zero-order chi connectivity index (χ0) is 52.0. The number of carboxylic acid groups (broad SMARTS) is 1. The first kappa shape index (κ1) is 67.7. The number of carbonyl (C=O) groups is 3. The van der Waals surface area contributed by atoms with Gasteiger partial charge in [0.2, 0.25) is 0 Å². The van der Waals surface area contributed by atoms with Crippen molar-refractivity contribution in [2.24, 2.45) is 0 Å².